The third-order valence-electron chi connectivity index (χ3n) is 1.78. The van der Waals surface area contributed by atoms with Gasteiger partial charge in [0, 0.05) is 13.7 Å². The largest absolute Gasteiger partial charge is 0.394 e. The van der Waals surface area contributed by atoms with Crippen LogP contribution in [-0.2, 0) is 9.47 Å². The molecule has 0 aliphatic heterocycles. The van der Waals surface area contributed by atoms with Gasteiger partial charge in [-0.2, -0.15) is 0 Å². The Labute approximate surface area is 79.5 Å². The minimum absolute atomic E-state index is 0.172. The molecule has 0 aromatic heterocycles. The first kappa shape index (κ1) is 12.8. The molecule has 2 unspecified atom stereocenters. The van der Waals surface area contributed by atoms with Gasteiger partial charge in [0.05, 0.1) is 13.2 Å². The summed E-state index contributed by atoms with van der Waals surface area (Å²) < 4.78 is 10.0. The monoisotopic (exact) mass is 192 g/mol. The lowest BCUT2D eigenvalue weighted by Gasteiger charge is -2.20. The van der Waals surface area contributed by atoms with Crippen molar-refractivity contribution in [2.75, 3.05) is 26.9 Å². The minimum Gasteiger partial charge on any atom is -0.394 e. The first-order valence-corrected chi connectivity index (χ1v) is 4.65. The molecule has 0 heterocycles. The standard InChI is InChI=1S/C9H20O4/c1-3-4-5-13-9(6-10)8(11)7-12-2/h8-11H,3-7H2,1-2H3. The highest BCUT2D eigenvalue weighted by molar-refractivity contribution is 4.67. The summed E-state index contributed by atoms with van der Waals surface area (Å²) in [4.78, 5) is 0. The molecule has 80 valence electrons. The molecule has 0 radical (unpaired) electrons. The van der Waals surface area contributed by atoms with Crippen molar-refractivity contribution >= 4 is 0 Å². The molecule has 0 aromatic rings. The van der Waals surface area contributed by atoms with Gasteiger partial charge in [-0.15, -0.1) is 0 Å². The smallest absolute Gasteiger partial charge is 0.109 e. The maximum Gasteiger partial charge on any atom is 0.109 e. The molecule has 4 nitrogen and oxygen atoms in total. The van der Waals surface area contributed by atoms with Crippen LogP contribution >= 0.6 is 0 Å². The van der Waals surface area contributed by atoms with Crippen LogP contribution in [0.25, 0.3) is 0 Å². The molecule has 0 bridgehead atoms. The molecule has 2 N–H and O–H groups in total. The SMILES string of the molecule is CCCCOC(CO)C(O)COC. The Bertz CT molecular complexity index is 108. The Morgan fingerprint density at radius 3 is 2.54 bits per heavy atom. The summed E-state index contributed by atoms with van der Waals surface area (Å²) in [7, 11) is 1.50. The molecule has 2 atom stereocenters. The number of aliphatic hydroxyl groups is 2. The molecule has 0 saturated carbocycles. The second-order valence-corrected chi connectivity index (χ2v) is 2.97. The number of unbranched alkanes of at least 4 members (excludes halogenated alkanes) is 1. The van der Waals surface area contributed by atoms with E-state index in [-0.39, 0.29) is 13.2 Å². The van der Waals surface area contributed by atoms with E-state index in [1.165, 1.54) is 7.11 Å². The van der Waals surface area contributed by atoms with Crippen molar-refractivity contribution in [3.05, 3.63) is 0 Å². The zero-order chi connectivity index (χ0) is 10.1. The van der Waals surface area contributed by atoms with E-state index in [4.69, 9.17) is 14.6 Å². The summed E-state index contributed by atoms with van der Waals surface area (Å²) in [6.07, 6.45) is 0.715. The van der Waals surface area contributed by atoms with E-state index in [9.17, 15) is 5.11 Å². The molecular weight excluding hydrogens is 172 g/mol. The Kier molecular flexibility index (Phi) is 8.33. The van der Waals surface area contributed by atoms with Gasteiger partial charge in [-0.05, 0) is 6.42 Å². The van der Waals surface area contributed by atoms with Gasteiger partial charge in [-0.1, -0.05) is 13.3 Å². The van der Waals surface area contributed by atoms with Crippen LogP contribution in [0, 0.1) is 0 Å². The van der Waals surface area contributed by atoms with Crippen LogP contribution in [0.1, 0.15) is 19.8 Å². The van der Waals surface area contributed by atoms with Gasteiger partial charge in [0.25, 0.3) is 0 Å². The summed E-state index contributed by atoms with van der Waals surface area (Å²) in [5, 5.41) is 18.3. The lowest BCUT2D eigenvalue weighted by Crippen LogP contribution is -2.35. The van der Waals surface area contributed by atoms with Gasteiger partial charge in [0.1, 0.15) is 12.2 Å². The normalized spacial score (nSPS) is 15.7. The third-order valence-corrected chi connectivity index (χ3v) is 1.78. The van der Waals surface area contributed by atoms with Crippen LogP contribution in [-0.4, -0.2) is 49.4 Å². The van der Waals surface area contributed by atoms with Gasteiger partial charge in [-0.3, -0.25) is 0 Å². The predicted octanol–water partition coefficient (Wildman–Crippen LogP) is 0.171. The molecule has 0 amide bonds. The van der Waals surface area contributed by atoms with E-state index in [0.717, 1.165) is 12.8 Å². The summed E-state index contributed by atoms with van der Waals surface area (Å²) >= 11 is 0. The van der Waals surface area contributed by atoms with Crippen molar-refractivity contribution in [3.8, 4) is 0 Å². The van der Waals surface area contributed by atoms with E-state index in [0.29, 0.717) is 6.61 Å². The fourth-order valence-corrected chi connectivity index (χ4v) is 0.943. The lowest BCUT2D eigenvalue weighted by molar-refractivity contribution is -0.0854. The first-order chi connectivity index (χ1) is 6.26. The third kappa shape index (κ3) is 5.99. The molecule has 0 fully saturated rings. The molecular formula is C9H20O4. The molecule has 13 heavy (non-hydrogen) atoms. The van der Waals surface area contributed by atoms with Crippen molar-refractivity contribution in [3.63, 3.8) is 0 Å². The summed E-state index contributed by atoms with van der Waals surface area (Å²) in [6.45, 7) is 2.65. The molecule has 4 heteroatoms. The zero-order valence-corrected chi connectivity index (χ0v) is 8.40. The van der Waals surface area contributed by atoms with Gasteiger partial charge in [-0.25, -0.2) is 0 Å². The molecule has 0 rings (SSSR count). The molecule has 0 aromatic carbocycles. The lowest BCUT2D eigenvalue weighted by atomic mass is 10.2. The number of rotatable bonds is 8. The van der Waals surface area contributed by atoms with Crippen molar-refractivity contribution < 1.29 is 19.7 Å². The molecule has 0 saturated heterocycles. The highest BCUT2D eigenvalue weighted by Gasteiger charge is 2.18. The van der Waals surface area contributed by atoms with Crippen molar-refractivity contribution in [2.45, 2.75) is 32.0 Å². The van der Waals surface area contributed by atoms with Gasteiger partial charge < -0.3 is 19.7 Å². The van der Waals surface area contributed by atoms with Gasteiger partial charge in [0.2, 0.25) is 0 Å². The maximum absolute atomic E-state index is 9.40. The Balaban J connectivity index is 3.60. The molecule has 0 aliphatic rings. The van der Waals surface area contributed by atoms with Crippen molar-refractivity contribution in [2.24, 2.45) is 0 Å². The zero-order valence-electron chi connectivity index (χ0n) is 8.40. The average molecular weight is 192 g/mol. The van der Waals surface area contributed by atoms with Crippen LogP contribution < -0.4 is 0 Å². The maximum atomic E-state index is 9.40. The van der Waals surface area contributed by atoms with Crippen LogP contribution in [0.3, 0.4) is 0 Å². The number of methoxy groups -OCH3 is 1. The fourth-order valence-electron chi connectivity index (χ4n) is 0.943. The Morgan fingerprint density at radius 1 is 1.38 bits per heavy atom. The van der Waals surface area contributed by atoms with E-state index < -0.39 is 12.2 Å². The first-order valence-electron chi connectivity index (χ1n) is 4.65. The number of hydrogen-bond acceptors (Lipinski definition) is 4. The second-order valence-electron chi connectivity index (χ2n) is 2.97. The number of aliphatic hydroxyl groups excluding tert-OH is 2. The molecule has 0 aliphatic carbocycles. The highest BCUT2D eigenvalue weighted by atomic mass is 16.5. The van der Waals surface area contributed by atoms with Crippen LogP contribution in [0.4, 0.5) is 0 Å². The van der Waals surface area contributed by atoms with Crippen LogP contribution in [0.15, 0.2) is 0 Å². The Morgan fingerprint density at radius 2 is 2.08 bits per heavy atom. The number of hydrogen-bond donors (Lipinski definition) is 2. The summed E-state index contributed by atoms with van der Waals surface area (Å²) in [6, 6.07) is 0. The topological polar surface area (TPSA) is 58.9 Å². The van der Waals surface area contributed by atoms with Crippen LogP contribution in [0.5, 0.6) is 0 Å². The van der Waals surface area contributed by atoms with Crippen molar-refractivity contribution in [1.29, 1.82) is 0 Å². The van der Waals surface area contributed by atoms with E-state index in [2.05, 4.69) is 6.92 Å². The van der Waals surface area contributed by atoms with Crippen LogP contribution in [0.2, 0.25) is 0 Å². The summed E-state index contributed by atoms with van der Waals surface area (Å²) in [5.41, 5.74) is 0. The second kappa shape index (κ2) is 8.44. The number of ether oxygens (including phenoxy) is 2. The average Bonchev–Trinajstić information content (AvgIpc) is 2.13. The quantitative estimate of drug-likeness (QED) is 0.538. The van der Waals surface area contributed by atoms with Gasteiger partial charge in [0.15, 0.2) is 0 Å². The molecule has 0 spiro atoms. The highest BCUT2D eigenvalue weighted by Crippen LogP contribution is 2.01. The minimum atomic E-state index is -0.744. The van der Waals surface area contributed by atoms with E-state index >= 15 is 0 Å². The summed E-state index contributed by atoms with van der Waals surface area (Å²) in [5.74, 6) is 0. The van der Waals surface area contributed by atoms with Crippen molar-refractivity contribution in [1.82, 2.24) is 0 Å². The van der Waals surface area contributed by atoms with E-state index in [1.807, 2.05) is 0 Å². The van der Waals surface area contributed by atoms with E-state index in [1.54, 1.807) is 0 Å². The van der Waals surface area contributed by atoms with Gasteiger partial charge >= 0.3 is 0 Å². The fraction of sp³-hybridized carbons (Fsp3) is 1.00. The predicted molar refractivity (Wildman–Crippen MR) is 49.6 cm³/mol. The Hall–Kier alpha value is -0.160.